The van der Waals surface area contributed by atoms with E-state index in [2.05, 4.69) is 9.46 Å². The molecule has 130 valence electrons. The van der Waals surface area contributed by atoms with Crippen molar-refractivity contribution >= 4 is 16.0 Å². The number of para-hydroxylation sites is 1. The van der Waals surface area contributed by atoms with Crippen molar-refractivity contribution in [2.45, 2.75) is 43.5 Å². The molecule has 0 saturated carbocycles. The summed E-state index contributed by atoms with van der Waals surface area (Å²) >= 11 is 0. The molecule has 0 radical (unpaired) electrons. The van der Waals surface area contributed by atoms with Gasteiger partial charge in [0, 0.05) is 12.0 Å². The first-order valence-electron chi connectivity index (χ1n) is 6.43. The molecule has 0 saturated heterocycles. The van der Waals surface area contributed by atoms with E-state index >= 15 is 0 Å². The van der Waals surface area contributed by atoms with Gasteiger partial charge in [-0.15, -0.1) is 13.2 Å². The molecule has 0 spiro atoms. The number of hydrogen-bond acceptors (Lipinski definition) is 4. The van der Waals surface area contributed by atoms with Crippen LogP contribution >= 0.6 is 0 Å². The van der Waals surface area contributed by atoms with Crippen LogP contribution in [0.25, 0.3) is 0 Å². The molecule has 0 aromatic heterocycles. The van der Waals surface area contributed by atoms with Crippen LogP contribution in [0.15, 0.2) is 29.2 Å². The summed E-state index contributed by atoms with van der Waals surface area (Å²) in [5.41, 5.74) is -1.16. The third-order valence-corrected chi connectivity index (χ3v) is 4.48. The number of aliphatic carboxylic acids is 1. The maximum Gasteiger partial charge on any atom is 0.573 e. The van der Waals surface area contributed by atoms with Crippen molar-refractivity contribution in [1.82, 2.24) is 4.72 Å². The number of carboxylic acids is 1. The van der Waals surface area contributed by atoms with Gasteiger partial charge in [-0.1, -0.05) is 12.1 Å². The molecule has 2 N–H and O–H groups in total. The van der Waals surface area contributed by atoms with E-state index in [4.69, 9.17) is 5.11 Å². The number of carboxylic acid groups (broad SMARTS) is 1. The SMILES string of the molecule is CC(C)(CCC(=O)O)NS(=O)(=O)c1ccccc1OC(F)(F)F. The standard InChI is InChI=1S/C13H16F3NO5S/c1-12(2,8-7-11(18)19)17-23(20,21)10-6-4-3-5-9(10)22-13(14,15)16/h3-6,17H,7-8H2,1-2H3,(H,18,19). The number of nitrogens with one attached hydrogen (secondary N) is 1. The topological polar surface area (TPSA) is 92.7 Å². The van der Waals surface area contributed by atoms with Gasteiger partial charge in [-0.05, 0) is 32.4 Å². The fourth-order valence-corrected chi connectivity index (χ4v) is 3.34. The highest BCUT2D eigenvalue weighted by molar-refractivity contribution is 7.89. The number of alkyl halides is 3. The van der Waals surface area contributed by atoms with Crippen LogP contribution in [-0.4, -0.2) is 31.4 Å². The highest BCUT2D eigenvalue weighted by Gasteiger charge is 2.35. The fraction of sp³-hybridized carbons (Fsp3) is 0.462. The number of rotatable bonds is 7. The Bertz CT molecular complexity index is 670. The lowest BCUT2D eigenvalue weighted by molar-refractivity contribution is -0.275. The van der Waals surface area contributed by atoms with E-state index < -0.39 is 38.5 Å². The smallest absolute Gasteiger partial charge is 0.481 e. The van der Waals surface area contributed by atoms with Gasteiger partial charge >= 0.3 is 12.3 Å². The summed E-state index contributed by atoms with van der Waals surface area (Å²) < 4.78 is 67.6. The predicted molar refractivity (Wildman–Crippen MR) is 74.4 cm³/mol. The second-order valence-electron chi connectivity index (χ2n) is 5.38. The van der Waals surface area contributed by atoms with Crippen LogP contribution in [0.5, 0.6) is 5.75 Å². The molecule has 0 aliphatic heterocycles. The van der Waals surface area contributed by atoms with Gasteiger partial charge in [0.15, 0.2) is 0 Å². The summed E-state index contributed by atoms with van der Waals surface area (Å²) in [6.45, 7) is 2.86. The Kier molecular flexibility index (Phi) is 5.65. The lowest BCUT2D eigenvalue weighted by Gasteiger charge is -2.26. The number of halogens is 3. The van der Waals surface area contributed by atoms with E-state index in [9.17, 15) is 26.4 Å². The Morgan fingerprint density at radius 3 is 2.35 bits per heavy atom. The first-order valence-corrected chi connectivity index (χ1v) is 7.91. The molecule has 0 aliphatic rings. The molecule has 23 heavy (non-hydrogen) atoms. The molecular formula is C13H16F3NO5S. The van der Waals surface area contributed by atoms with Crippen molar-refractivity contribution in [2.24, 2.45) is 0 Å². The first kappa shape index (κ1) is 19.2. The average Bonchev–Trinajstić information content (AvgIpc) is 2.34. The van der Waals surface area contributed by atoms with Gasteiger partial charge in [-0.25, -0.2) is 13.1 Å². The molecule has 0 unspecified atom stereocenters. The lowest BCUT2D eigenvalue weighted by atomic mass is 10.0. The predicted octanol–water partition coefficient (Wildman–Crippen LogP) is 2.51. The summed E-state index contributed by atoms with van der Waals surface area (Å²) in [4.78, 5) is 9.89. The molecule has 0 amide bonds. The van der Waals surface area contributed by atoms with E-state index in [0.717, 1.165) is 12.1 Å². The van der Waals surface area contributed by atoms with Crippen molar-refractivity contribution in [2.75, 3.05) is 0 Å². The first-order chi connectivity index (χ1) is 10.3. The van der Waals surface area contributed by atoms with Gasteiger partial charge in [-0.3, -0.25) is 4.79 Å². The number of benzene rings is 1. The Hall–Kier alpha value is -1.81. The highest BCUT2D eigenvalue weighted by Crippen LogP contribution is 2.30. The molecule has 0 heterocycles. The zero-order valence-electron chi connectivity index (χ0n) is 12.3. The summed E-state index contributed by atoms with van der Waals surface area (Å²) in [5.74, 6) is -1.97. The molecule has 0 bridgehead atoms. The Morgan fingerprint density at radius 2 is 1.83 bits per heavy atom. The van der Waals surface area contributed by atoms with E-state index in [1.807, 2.05) is 0 Å². The lowest BCUT2D eigenvalue weighted by Crippen LogP contribution is -2.43. The van der Waals surface area contributed by atoms with E-state index in [1.54, 1.807) is 0 Å². The zero-order chi connectivity index (χ0) is 17.9. The minimum Gasteiger partial charge on any atom is -0.481 e. The molecule has 1 aromatic carbocycles. The Labute approximate surface area is 131 Å². The summed E-state index contributed by atoms with van der Waals surface area (Å²) in [6.07, 6.45) is -5.37. The fourth-order valence-electron chi connectivity index (χ4n) is 1.77. The second kappa shape index (κ2) is 6.75. The second-order valence-corrected chi connectivity index (χ2v) is 7.03. The monoisotopic (exact) mass is 355 g/mol. The van der Waals surface area contributed by atoms with Crippen LogP contribution in [-0.2, 0) is 14.8 Å². The zero-order valence-corrected chi connectivity index (χ0v) is 13.2. The van der Waals surface area contributed by atoms with Crippen LogP contribution < -0.4 is 9.46 Å². The quantitative estimate of drug-likeness (QED) is 0.784. The number of hydrogen-bond donors (Lipinski definition) is 2. The van der Waals surface area contributed by atoms with Crippen LogP contribution in [0.4, 0.5) is 13.2 Å². The van der Waals surface area contributed by atoms with Crippen LogP contribution in [0.1, 0.15) is 26.7 Å². The third kappa shape index (κ3) is 6.45. The molecule has 0 atom stereocenters. The molecule has 10 heteroatoms. The minimum absolute atomic E-state index is 0.0378. The molecule has 0 aliphatic carbocycles. The van der Waals surface area contributed by atoms with E-state index in [-0.39, 0.29) is 12.8 Å². The van der Waals surface area contributed by atoms with E-state index in [0.29, 0.717) is 0 Å². The van der Waals surface area contributed by atoms with Gasteiger partial charge in [0.05, 0.1) is 0 Å². The van der Waals surface area contributed by atoms with Gasteiger partial charge in [0.1, 0.15) is 10.6 Å². The van der Waals surface area contributed by atoms with Gasteiger partial charge in [0.25, 0.3) is 0 Å². The summed E-state index contributed by atoms with van der Waals surface area (Å²) in [7, 11) is -4.34. The normalized spacial score (nSPS) is 12.9. The van der Waals surface area contributed by atoms with Gasteiger partial charge in [-0.2, -0.15) is 0 Å². The van der Waals surface area contributed by atoms with Gasteiger partial charge in [0.2, 0.25) is 10.0 Å². The molecular weight excluding hydrogens is 339 g/mol. The summed E-state index contributed by atoms with van der Waals surface area (Å²) in [6, 6.07) is 4.31. The van der Waals surface area contributed by atoms with Crippen molar-refractivity contribution < 1.29 is 36.2 Å². The maximum atomic E-state index is 12.4. The Morgan fingerprint density at radius 1 is 1.26 bits per heavy atom. The largest absolute Gasteiger partial charge is 0.573 e. The molecule has 1 rings (SSSR count). The van der Waals surface area contributed by atoms with Gasteiger partial charge < -0.3 is 9.84 Å². The maximum absolute atomic E-state index is 12.4. The minimum atomic E-state index is -5.04. The number of ether oxygens (including phenoxy) is 1. The molecule has 6 nitrogen and oxygen atoms in total. The highest BCUT2D eigenvalue weighted by atomic mass is 32.2. The van der Waals surface area contributed by atoms with Crippen molar-refractivity contribution in [3.05, 3.63) is 24.3 Å². The van der Waals surface area contributed by atoms with Crippen molar-refractivity contribution in [1.29, 1.82) is 0 Å². The van der Waals surface area contributed by atoms with Crippen molar-refractivity contribution in [3.8, 4) is 5.75 Å². The number of carbonyl (C=O) groups is 1. The molecule has 1 aromatic rings. The number of sulfonamides is 1. The third-order valence-electron chi connectivity index (χ3n) is 2.74. The van der Waals surface area contributed by atoms with Crippen LogP contribution in [0, 0.1) is 0 Å². The van der Waals surface area contributed by atoms with Crippen molar-refractivity contribution in [3.63, 3.8) is 0 Å². The average molecular weight is 355 g/mol. The van der Waals surface area contributed by atoms with E-state index in [1.165, 1.54) is 26.0 Å². The Balaban J connectivity index is 3.07. The van der Waals surface area contributed by atoms with Crippen LogP contribution in [0.2, 0.25) is 0 Å². The molecule has 0 fully saturated rings. The summed E-state index contributed by atoms with van der Waals surface area (Å²) in [5, 5.41) is 8.64. The van der Waals surface area contributed by atoms with Crippen LogP contribution in [0.3, 0.4) is 0 Å².